The number of carbonyl (C=O) groups excluding carboxylic acids is 2. The Kier molecular flexibility index (Phi) is 8.66. The number of nitriles is 1. The van der Waals surface area contributed by atoms with Crippen LogP contribution < -0.4 is 19.5 Å². The van der Waals surface area contributed by atoms with Crippen LogP contribution in [0.5, 0.6) is 17.2 Å². The number of nitrogens with one attached hydrogen (secondary N) is 1. The van der Waals surface area contributed by atoms with Crippen LogP contribution in [0.4, 0.5) is 5.69 Å². The van der Waals surface area contributed by atoms with Crippen LogP contribution in [-0.4, -0.2) is 50.6 Å². The molecule has 0 radical (unpaired) electrons. The van der Waals surface area contributed by atoms with E-state index < -0.39 is 12.0 Å². The summed E-state index contributed by atoms with van der Waals surface area (Å²) in [4.78, 5) is 26.1. The molecule has 1 unspecified atom stereocenters. The van der Waals surface area contributed by atoms with E-state index in [0.29, 0.717) is 35.1 Å². The molecule has 0 heterocycles. The molecular weight excluding hydrogens is 410 g/mol. The number of ether oxygens (including phenoxy) is 3. The largest absolute Gasteiger partial charge is 0.497 e. The van der Waals surface area contributed by atoms with E-state index in [9.17, 15) is 14.9 Å². The molecule has 168 valence electrons. The minimum absolute atomic E-state index is 0.0758. The van der Waals surface area contributed by atoms with E-state index >= 15 is 0 Å². The molecule has 0 bridgehead atoms. The van der Waals surface area contributed by atoms with Crippen LogP contribution in [0.15, 0.2) is 48.0 Å². The summed E-state index contributed by atoms with van der Waals surface area (Å²) in [6.07, 6.45) is 0.759. The number of rotatable bonds is 9. The average Bonchev–Trinajstić information content (AvgIpc) is 2.78. The molecule has 1 N–H and O–H groups in total. The van der Waals surface area contributed by atoms with Gasteiger partial charge in [0.2, 0.25) is 0 Å². The van der Waals surface area contributed by atoms with E-state index in [4.69, 9.17) is 14.2 Å². The van der Waals surface area contributed by atoms with Crippen molar-refractivity contribution in [1.29, 1.82) is 5.26 Å². The molecule has 0 spiro atoms. The van der Waals surface area contributed by atoms with E-state index in [1.807, 2.05) is 13.0 Å². The molecule has 0 aromatic heterocycles. The Morgan fingerprint density at radius 3 is 2.41 bits per heavy atom. The van der Waals surface area contributed by atoms with Crippen molar-refractivity contribution in [2.45, 2.75) is 20.0 Å². The average molecular weight is 437 g/mol. The number of benzene rings is 2. The zero-order chi connectivity index (χ0) is 23.7. The summed E-state index contributed by atoms with van der Waals surface area (Å²) in [5, 5.41) is 12.2. The second-order valence-electron chi connectivity index (χ2n) is 6.98. The monoisotopic (exact) mass is 437 g/mol. The molecule has 0 saturated heterocycles. The summed E-state index contributed by atoms with van der Waals surface area (Å²) in [5.41, 5.74) is 1.04. The Labute approximate surface area is 188 Å². The van der Waals surface area contributed by atoms with Crippen molar-refractivity contribution < 1.29 is 23.8 Å². The highest BCUT2D eigenvalue weighted by molar-refractivity contribution is 6.09. The molecule has 2 amide bonds. The highest BCUT2D eigenvalue weighted by Crippen LogP contribution is 2.30. The van der Waals surface area contributed by atoms with Crippen LogP contribution in [-0.2, 0) is 9.59 Å². The molecule has 8 nitrogen and oxygen atoms in total. The van der Waals surface area contributed by atoms with Crippen LogP contribution in [0.2, 0.25) is 0 Å². The third-order valence-corrected chi connectivity index (χ3v) is 4.38. The first-order valence-electron chi connectivity index (χ1n) is 10.0. The maximum Gasteiger partial charge on any atom is 0.266 e. The van der Waals surface area contributed by atoms with Gasteiger partial charge in [-0.1, -0.05) is 6.07 Å². The molecule has 32 heavy (non-hydrogen) atoms. The van der Waals surface area contributed by atoms with Crippen LogP contribution >= 0.6 is 0 Å². The summed E-state index contributed by atoms with van der Waals surface area (Å²) >= 11 is 0. The lowest BCUT2D eigenvalue weighted by Gasteiger charge is -2.20. The highest BCUT2D eigenvalue weighted by Gasteiger charge is 2.19. The number of carbonyl (C=O) groups is 2. The standard InChI is InChI=1S/C24H27N3O5/c1-6-31-22-14-17(7-12-21(22)32-16(2)24(29)27(3)4)13-18(15-25)23(28)26-19-8-10-20(30-5)11-9-19/h7-14,16H,6H2,1-5H3,(H,26,28)/b18-13+. The van der Waals surface area contributed by atoms with Gasteiger partial charge in [0.15, 0.2) is 17.6 Å². The van der Waals surface area contributed by atoms with Crippen molar-refractivity contribution in [2.75, 3.05) is 33.1 Å². The smallest absolute Gasteiger partial charge is 0.266 e. The normalized spacial score (nSPS) is 11.7. The van der Waals surface area contributed by atoms with E-state index in [-0.39, 0.29) is 11.5 Å². The third-order valence-electron chi connectivity index (χ3n) is 4.38. The van der Waals surface area contributed by atoms with Crippen molar-refractivity contribution in [2.24, 2.45) is 0 Å². The number of likely N-dealkylation sites (N-methyl/N-ethyl adjacent to an activating group) is 1. The molecule has 0 aliphatic carbocycles. The molecule has 8 heteroatoms. The van der Waals surface area contributed by atoms with Crippen molar-refractivity contribution in [1.82, 2.24) is 4.90 Å². The molecule has 0 aliphatic rings. The Hall–Kier alpha value is -3.99. The predicted molar refractivity (Wildman–Crippen MR) is 122 cm³/mol. The lowest BCUT2D eigenvalue weighted by molar-refractivity contribution is -0.135. The van der Waals surface area contributed by atoms with Crippen molar-refractivity contribution in [3.63, 3.8) is 0 Å². The van der Waals surface area contributed by atoms with Gasteiger partial charge in [-0.2, -0.15) is 5.26 Å². The second kappa shape index (κ2) is 11.4. The molecule has 0 aliphatic heterocycles. The van der Waals surface area contributed by atoms with Gasteiger partial charge in [-0.25, -0.2) is 0 Å². The first kappa shape index (κ1) is 24.3. The maximum absolute atomic E-state index is 12.5. The molecule has 1 atom stereocenters. The minimum atomic E-state index is -0.699. The van der Waals surface area contributed by atoms with E-state index in [0.717, 1.165) is 0 Å². The van der Waals surface area contributed by atoms with Crippen LogP contribution in [0, 0.1) is 11.3 Å². The van der Waals surface area contributed by atoms with E-state index in [2.05, 4.69) is 5.32 Å². The fourth-order valence-corrected chi connectivity index (χ4v) is 2.77. The van der Waals surface area contributed by atoms with Crippen molar-refractivity contribution in [3.05, 3.63) is 53.6 Å². The van der Waals surface area contributed by atoms with Gasteiger partial charge in [-0.05, 0) is 61.9 Å². The number of hydrogen-bond donors (Lipinski definition) is 1. The lowest BCUT2D eigenvalue weighted by atomic mass is 10.1. The Morgan fingerprint density at radius 1 is 1.16 bits per heavy atom. The first-order valence-corrected chi connectivity index (χ1v) is 10.0. The summed E-state index contributed by atoms with van der Waals surface area (Å²) in [6, 6.07) is 13.7. The molecule has 2 aromatic carbocycles. The molecule has 2 aromatic rings. The Morgan fingerprint density at radius 2 is 1.84 bits per heavy atom. The van der Waals surface area contributed by atoms with E-state index in [1.165, 1.54) is 11.0 Å². The maximum atomic E-state index is 12.5. The van der Waals surface area contributed by atoms with Crippen LogP contribution in [0.25, 0.3) is 6.08 Å². The topological polar surface area (TPSA) is 101 Å². The SMILES string of the molecule is CCOc1cc(/C=C(\C#N)C(=O)Nc2ccc(OC)cc2)ccc1OC(C)C(=O)N(C)C. The van der Waals surface area contributed by atoms with Gasteiger partial charge in [-0.3, -0.25) is 9.59 Å². The van der Waals surface area contributed by atoms with Gasteiger partial charge < -0.3 is 24.4 Å². The lowest BCUT2D eigenvalue weighted by Crippen LogP contribution is -2.35. The zero-order valence-electron chi connectivity index (χ0n) is 18.8. The first-order chi connectivity index (χ1) is 15.3. The third kappa shape index (κ3) is 6.51. The molecule has 0 saturated carbocycles. The van der Waals surface area contributed by atoms with Gasteiger partial charge in [-0.15, -0.1) is 0 Å². The van der Waals surface area contributed by atoms with Crippen molar-refractivity contribution in [3.8, 4) is 23.3 Å². The minimum Gasteiger partial charge on any atom is -0.497 e. The number of hydrogen-bond acceptors (Lipinski definition) is 6. The Balaban J connectivity index is 2.24. The molecule has 0 fully saturated rings. The zero-order valence-corrected chi connectivity index (χ0v) is 18.8. The summed E-state index contributed by atoms with van der Waals surface area (Å²) in [5.74, 6) is 0.742. The summed E-state index contributed by atoms with van der Waals surface area (Å²) in [6.45, 7) is 3.86. The van der Waals surface area contributed by atoms with Crippen LogP contribution in [0.3, 0.4) is 0 Å². The van der Waals surface area contributed by atoms with Crippen molar-refractivity contribution >= 4 is 23.6 Å². The van der Waals surface area contributed by atoms with Gasteiger partial charge in [0.05, 0.1) is 13.7 Å². The van der Waals surface area contributed by atoms with E-state index in [1.54, 1.807) is 70.6 Å². The quantitative estimate of drug-likeness (QED) is 0.476. The number of amides is 2. The fourth-order valence-electron chi connectivity index (χ4n) is 2.77. The van der Waals surface area contributed by atoms with Gasteiger partial charge in [0.1, 0.15) is 17.4 Å². The number of nitrogens with zero attached hydrogens (tertiary/aromatic N) is 2. The van der Waals surface area contributed by atoms with Crippen LogP contribution in [0.1, 0.15) is 19.4 Å². The fraction of sp³-hybridized carbons (Fsp3) is 0.292. The molecule has 2 rings (SSSR count). The van der Waals surface area contributed by atoms with Gasteiger partial charge in [0, 0.05) is 19.8 Å². The van der Waals surface area contributed by atoms with Gasteiger partial charge >= 0.3 is 0 Å². The molecular formula is C24H27N3O5. The Bertz CT molecular complexity index is 1020. The number of methoxy groups -OCH3 is 1. The summed E-state index contributed by atoms with van der Waals surface area (Å²) in [7, 11) is 4.86. The summed E-state index contributed by atoms with van der Waals surface area (Å²) < 4.78 is 16.5. The predicted octanol–water partition coefficient (Wildman–Crippen LogP) is 3.50. The number of anilines is 1. The second-order valence-corrected chi connectivity index (χ2v) is 6.98. The highest BCUT2D eigenvalue weighted by atomic mass is 16.5. The van der Waals surface area contributed by atoms with Gasteiger partial charge in [0.25, 0.3) is 11.8 Å².